The normalized spacial score (nSPS) is 13.2. The molecule has 0 N–H and O–H groups in total. The topological polar surface area (TPSA) is 105 Å². The molecule has 0 saturated carbocycles. The number of benzene rings is 3. The van der Waals surface area contributed by atoms with E-state index < -0.39 is 33.9 Å². The van der Waals surface area contributed by atoms with Gasteiger partial charge < -0.3 is 14.2 Å². The van der Waals surface area contributed by atoms with Gasteiger partial charge in [-0.2, -0.15) is 0 Å². The first-order chi connectivity index (χ1) is 18.1. The van der Waals surface area contributed by atoms with Crippen LogP contribution in [0.3, 0.4) is 0 Å². The van der Waals surface area contributed by atoms with E-state index in [1.54, 1.807) is 48.5 Å². The van der Waals surface area contributed by atoms with Gasteiger partial charge in [-0.1, -0.05) is 53.2 Å². The first-order valence-corrected chi connectivity index (χ1v) is 12.9. The van der Waals surface area contributed by atoms with Crippen LogP contribution < -0.4 is 9.47 Å². The summed E-state index contributed by atoms with van der Waals surface area (Å²) in [6, 6.07) is 17.9. The monoisotopic (exact) mass is 577 g/mol. The lowest BCUT2D eigenvalue weighted by Gasteiger charge is -2.32. The van der Waals surface area contributed by atoms with Gasteiger partial charge >= 0.3 is 5.97 Å². The molecule has 2 unspecified atom stereocenters. The number of carbonyl (C=O) groups excluding carboxylic acids is 2. The molecule has 8 nitrogen and oxygen atoms in total. The van der Waals surface area contributed by atoms with E-state index in [0.717, 1.165) is 11.8 Å². The Kier molecular flexibility index (Phi) is 10.0. The maximum Gasteiger partial charge on any atom is 0.321 e. The number of hydrogen-bond donors (Lipinski definition) is 0. The standard InChI is InChI=1S/C27H25Cl2NO7S/c1-27(26(32)38-21-11-9-20(36-3)10-12-21,25(31)37-16-17-4-7-19(35-2)8-5-17)23(15-30(33)34)22-13-6-18(28)14-24(22)29/h4-14,23H,15-16H2,1-3H3. The highest BCUT2D eigenvalue weighted by molar-refractivity contribution is 8.13. The summed E-state index contributed by atoms with van der Waals surface area (Å²) in [5.74, 6) is -0.955. The van der Waals surface area contributed by atoms with Crippen LogP contribution in [0, 0.1) is 15.5 Å². The molecule has 0 radical (unpaired) electrons. The molecule has 0 aliphatic heterocycles. The van der Waals surface area contributed by atoms with Gasteiger partial charge in [0.25, 0.3) is 0 Å². The Morgan fingerprint density at radius 2 is 1.55 bits per heavy atom. The van der Waals surface area contributed by atoms with Crippen molar-refractivity contribution in [2.24, 2.45) is 5.41 Å². The Morgan fingerprint density at radius 1 is 0.974 bits per heavy atom. The molecular weight excluding hydrogens is 553 g/mol. The summed E-state index contributed by atoms with van der Waals surface area (Å²) in [5, 5.41) is 11.5. The highest BCUT2D eigenvalue weighted by Gasteiger charge is 2.53. The number of rotatable bonds is 11. The molecule has 0 bridgehead atoms. The van der Waals surface area contributed by atoms with Crippen LogP contribution in [0.15, 0.2) is 71.6 Å². The molecule has 200 valence electrons. The molecule has 3 aromatic carbocycles. The van der Waals surface area contributed by atoms with E-state index in [2.05, 4.69) is 0 Å². The van der Waals surface area contributed by atoms with E-state index in [1.165, 1.54) is 39.3 Å². The van der Waals surface area contributed by atoms with Gasteiger partial charge in [-0.3, -0.25) is 19.7 Å². The van der Waals surface area contributed by atoms with Crippen LogP contribution in [-0.4, -0.2) is 36.8 Å². The van der Waals surface area contributed by atoms with Gasteiger partial charge in [-0.05, 0) is 66.6 Å². The quantitative estimate of drug-likeness (QED) is 0.0842. The smallest absolute Gasteiger partial charge is 0.321 e. The maximum absolute atomic E-state index is 13.8. The summed E-state index contributed by atoms with van der Waals surface area (Å²) in [6.45, 7) is 0.449. The third kappa shape index (κ3) is 6.98. The Balaban J connectivity index is 2.02. The van der Waals surface area contributed by atoms with Crippen molar-refractivity contribution < 1.29 is 28.7 Å². The molecule has 2 atom stereocenters. The Hall–Kier alpha value is -3.27. The first kappa shape index (κ1) is 29.3. The molecule has 0 aromatic heterocycles. The lowest BCUT2D eigenvalue weighted by molar-refractivity contribution is -0.485. The van der Waals surface area contributed by atoms with Crippen molar-refractivity contribution in [2.45, 2.75) is 24.3 Å². The predicted octanol–water partition coefficient (Wildman–Crippen LogP) is 6.44. The zero-order valence-corrected chi connectivity index (χ0v) is 23.1. The molecule has 0 heterocycles. The fraction of sp³-hybridized carbons (Fsp3) is 0.259. The minimum atomic E-state index is -1.98. The highest BCUT2D eigenvalue weighted by atomic mass is 35.5. The molecule has 0 saturated heterocycles. The zero-order valence-electron chi connectivity index (χ0n) is 20.8. The molecule has 0 fully saturated rings. The molecule has 11 heteroatoms. The van der Waals surface area contributed by atoms with Crippen molar-refractivity contribution in [3.8, 4) is 11.5 Å². The van der Waals surface area contributed by atoms with Crippen molar-refractivity contribution in [1.29, 1.82) is 0 Å². The van der Waals surface area contributed by atoms with Gasteiger partial charge in [0.05, 0.1) is 20.1 Å². The Bertz CT molecular complexity index is 1300. The number of ether oxygens (including phenoxy) is 3. The Labute approximate surface area is 234 Å². The van der Waals surface area contributed by atoms with E-state index in [1.807, 2.05) is 0 Å². The molecular formula is C27H25Cl2NO7S. The van der Waals surface area contributed by atoms with Crippen LogP contribution in [0.2, 0.25) is 10.0 Å². The van der Waals surface area contributed by atoms with Gasteiger partial charge in [0, 0.05) is 19.9 Å². The second kappa shape index (κ2) is 13.0. The van der Waals surface area contributed by atoms with Crippen LogP contribution >= 0.6 is 35.0 Å². The van der Waals surface area contributed by atoms with Gasteiger partial charge in [-0.15, -0.1) is 0 Å². The predicted molar refractivity (Wildman–Crippen MR) is 146 cm³/mol. The van der Waals surface area contributed by atoms with E-state index in [4.69, 9.17) is 37.4 Å². The number of carbonyl (C=O) groups is 2. The van der Waals surface area contributed by atoms with E-state index >= 15 is 0 Å². The third-order valence-electron chi connectivity index (χ3n) is 6.01. The molecule has 0 aliphatic rings. The third-order valence-corrected chi connectivity index (χ3v) is 7.69. The minimum Gasteiger partial charge on any atom is -0.497 e. The van der Waals surface area contributed by atoms with Crippen LogP contribution in [0.5, 0.6) is 11.5 Å². The fourth-order valence-electron chi connectivity index (χ4n) is 3.77. The number of halogens is 2. The summed E-state index contributed by atoms with van der Waals surface area (Å²) in [4.78, 5) is 39.2. The number of hydrogen-bond acceptors (Lipinski definition) is 8. The van der Waals surface area contributed by atoms with E-state index in [9.17, 15) is 19.7 Å². The van der Waals surface area contributed by atoms with Gasteiger partial charge in [0.1, 0.15) is 23.5 Å². The molecule has 3 rings (SSSR count). The van der Waals surface area contributed by atoms with Crippen LogP contribution in [0.4, 0.5) is 0 Å². The molecule has 0 amide bonds. The summed E-state index contributed by atoms with van der Waals surface area (Å²) >= 11 is 13.2. The highest BCUT2D eigenvalue weighted by Crippen LogP contribution is 2.45. The van der Waals surface area contributed by atoms with Crippen LogP contribution in [0.1, 0.15) is 24.0 Å². The summed E-state index contributed by atoms with van der Waals surface area (Å²) in [7, 11) is 3.05. The Morgan fingerprint density at radius 3 is 2.08 bits per heavy atom. The second-order valence-electron chi connectivity index (χ2n) is 8.43. The van der Waals surface area contributed by atoms with Crippen molar-refractivity contribution in [1.82, 2.24) is 0 Å². The van der Waals surface area contributed by atoms with Crippen molar-refractivity contribution in [3.05, 3.63) is 98.0 Å². The lowest BCUT2D eigenvalue weighted by atomic mass is 9.74. The number of nitro groups is 1. The maximum atomic E-state index is 13.8. The van der Waals surface area contributed by atoms with Crippen LogP contribution in [-0.2, 0) is 20.9 Å². The van der Waals surface area contributed by atoms with Crippen molar-refractivity contribution in [3.63, 3.8) is 0 Å². The molecule has 3 aromatic rings. The average molecular weight is 578 g/mol. The molecule has 0 aliphatic carbocycles. The largest absolute Gasteiger partial charge is 0.497 e. The molecule has 38 heavy (non-hydrogen) atoms. The first-order valence-electron chi connectivity index (χ1n) is 11.3. The lowest BCUT2D eigenvalue weighted by Crippen LogP contribution is -2.44. The second-order valence-corrected chi connectivity index (χ2v) is 10.3. The summed E-state index contributed by atoms with van der Waals surface area (Å²) in [6.07, 6.45) is 0. The summed E-state index contributed by atoms with van der Waals surface area (Å²) in [5.41, 5.74) is -1.10. The zero-order chi connectivity index (χ0) is 27.9. The van der Waals surface area contributed by atoms with E-state index in [0.29, 0.717) is 27.0 Å². The van der Waals surface area contributed by atoms with Crippen molar-refractivity contribution in [2.75, 3.05) is 20.8 Å². The summed E-state index contributed by atoms with van der Waals surface area (Å²) < 4.78 is 15.9. The SMILES string of the molecule is COc1ccc(COC(=O)C(C)(C(=O)Sc2ccc(OC)cc2)C(C[N+](=O)[O-])c2ccc(Cl)cc2Cl)cc1. The van der Waals surface area contributed by atoms with Crippen molar-refractivity contribution >= 4 is 46.0 Å². The van der Waals surface area contributed by atoms with Gasteiger partial charge in [0.15, 0.2) is 0 Å². The van der Waals surface area contributed by atoms with Gasteiger partial charge in [0.2, 0.25) is 11.7 Å². The number of nitrogens with zero attached hydrogens (tertiary/aromatic N) is 1. The molecule has 0 spiro atoms. The fourth-order valence-corrected chi connectivity index (χ4v) is 5.23. The number of esters is 1. The minimum absolute atomic E-state index is 0.0979. The average Bonchev–Trinajstić information content (AvgIpc) is 2.90. The van der Waals surface area contributed by atoms with Gasteiger partial charge in [-0.25, -0.2) is 0 Å². The van der Waals surface area contributed by atoms with Crippen LogP contribution in [0.25, 0.3) is 0 Å². The van der Waals surface area contributed by atoms with E-state index in [-0.39, 0.29) is 17.2 Å². The number of methoxy groups -OCH3 is 2. The number of thioether (sulfide) groups is 1.